The molecule has 0 radical (unpaired) electrons. The number of anilines is 1. The second kappa shape index (κ2) is 6.51. The fraction of sp³-hybridized carbons (Fsp3) is 0.273. The van der Waals surface area contributed by atoms with E-state index in [-0.39, 0.29) is 16.9 Å². The molecule has 0 aliphatic rings. The molecule has 0 fully saturated rings. The minimum atomic E-state index is -0.422. The molecule has 0 saturated carbocycles. The lowest BCUT2D eigenvalue weighted by Gasteiger charge is -2.07. The van der Waals surface area contributed by atoms with E-state index in [0.717, 1.165) is 0 Å². The van der Waals surface area contributed by atoms with Crippen LogP contribution in [-0.2, 0) is 9.59 Å². The minimum absolute atomic E-state index is 0.176. The number of hydrogen-bond donors (Lipinski definition) is 2. The quantitative estimate of drug-likeness (QED) is 0.860. The molecule has 1 rings (SSSR count). The van der Waals surface area contributed by atoms with Crippen LogP contribution in [0.4, 0.5) is 5.69 Å². The van der Waals surface area contributed by atoms with Gasteiger partial charge in [0, 0.05) is 10.7 Å². The molecule has 4 nitrogen and oxygen atoms in total. The predicted octanol–water partition coefficient (Wildman–Crippen LogP) is 1.89. The molecule has 2 amide bonds. The number of primary amides is 1. The Balaban J connectivity index is 2.39. The van der Waals surface area contributed by atoms with Crippen LogP contribution in [0.2, 0.25) is 5.02 Å². The highest BCUT2D eigenvalue weighted by atomic mass is 35.5. The molecule has 0 spiro atoms. The van der Waals surface area contributed by atoms with E-state index in [0.29, 0.717) is 10.7 Å². The first-order valence-electron chi connectivity index (χ1n) is 4.95. The van der Waals surface area contributed by atoms with Crippen LogP contribution >= 0.6 is 23.4 Å². The lowest BCUT2D eigenvalue weighted by molar-refractivity contribution is -0.117. The van der Waals surface area contributed by atoms with Gasteiger partial charge in [-0.25, -0.2) is 0 Å². The summed E-state index contributed by atoms with van der Waals surface area (Å²) >= 11 is 6.92. The second-order valence-corrected chi connectivity index (χ2v) is 5.18. The normalized spacial score (nSPS) is 11.9. The number of thioether (sulfide) groups is 1. The molecule has 17 heavy (non-hydrogen) atoms. The average Bonchev–Trinajstić information content (AvgIpc) is 2.29. The minimum Gasteiger partial charge on any atom is -0.369 e. The van der Waals surface area contributed by atoms with Gasteiger partial charge in [-0.2, -0.15) is 0 Å². The SMILES string of the molecule is CC(SCC(=O)Nc1ccc(Cl)cc1)C(N)=O. The Bertz CT molecular complexity index is 408. The molecule has 1 aromatic carbocycles. The summed E-state index contributed by atoms with van der Waals surface area (Å²) in [5.41, 5.74) is 5.76. The van der Waals surface area contributed by atoms with E-state index in [9.17, 15) is 9.59 Å². The fourth-order valence-electron chi connectivity index (χ4n) is 1.01. The van der Waals surface area contributed by atoms with Gasteiger partial charge in [-0.15, -0.1) is 11.8 Å². The standard InChI is InChI=1S/C11H13ClN2O2S/c1-7(11(13)16)17-6-10(15)14-9-4-2-8(12)3-5-9/h2-5,7H,6H2,1H3,(H2,13,16)(H,14,15). The molecule has 92 valence electrons. The average molecular weight is 273 g/mol. The number of halogens is 1. The molecule has 1 unspecified atom stereocenters. The summed E-state index contributed by atoms with van der Waals surface area (Å²) in [5, 5.41) is 2.93. The molecule has 0 aliphatic carbocycles. The third-order valence-corrected chi connectivity index (χ3v) is 3.41. The van der Waals surface area contributed by atoms with Crippen LogP contribution < -0.4 is 11.1 Å². The van der Waals surface area contributed by atoms with Crippen LogP contribution in [0.25, 0.3) is 0 Å². The summed E-state index contributed by atoms with van der Waals surface area (Å²) in [6.07, 6.45) is 0. The monoisotopic (exact) mass is 272 g/mol. The van der Waals surface area contributed by atoms with Crippen LogP contribution in [0, 0.1) is 0 Å². The van der Waals surface area contributed by atoms with E-state index in [1.54, 1.807) is 31.2 Å². The molecule has 1 aromatic rings. The highest BCUT2D eigenvalue weighted by Gasteiger charge is 2.11. The molecule has 0 aliphatic heterocycles. The highest BCUT2D eigenvalue weighted by Crippen LogP contribution is 2.14. The Hall–Kier alpha value is -1.20. The van der Waals surface area contributed by atoms with Crippen LogP contribution in [-0.4, -0.2) is 22.8 Å². The van der Waals surface area contributed by atoms with Gasteiger partial charge in [0.2, 0.25) is 11.8 Å². The third-order valence-electron chi connectivity index (χ3n) is 1.99. The molecule has 0 heterocycles. The van der Waals surface area contributed by atoms with Crippen LogP contribution in [0.3, 0.4) is 0 Å². The lowest BCUT2D eigenvalue weighted by Crippen LogP contribution is -2.25. The largest absolute Gasteiger partial charge is 0.369 e. The number of hydrogen-bond acceptors (Lipinski definition) is 3. The van der Waals surface area contributed by atoms with Gasteiger partial charge < -0.3 is 11.1 Å². The van der Waals surface area contributed by atoms with Crippen molar-refractivity contribution in [3.63, 3.8) is 0 Å². The van der Waals surface area contributed by atoms with Crippen LogP contribution in [0.5, 0.6) is 0 Å². The first kappa shape index (κ1) is 13.9. The molecule has 6 heteroatoms. The first-order chi connectivity index (χ1) is 7.99. The van der Waals surface area contributed by atoms with Crippen molar-refractivity contribution < 1.29 is 9.59 Å². The zero-order valence-corrected chi connectivity index (χ0v) is 10.8. The summed E-state index contributed by atoms with van der Waals surface area (Å²) in [5.74, 6) is -0.410. The van der Waals surface area contributed by atoms with Crippen molar-refractivity contribution >= 4 is 40.9 Å². The summed E-state index contributed by atoms with van der Waals surface area (Å²) < 4.78 is 0. The van der Waals surface area contributed by atoms with Gasteiger partial charge in [-0.1, -0.05) is 11.6 Å². The van der Waals surface area contributed by atoms with Gasteiger partial charge in [-0.05, 0) is 31.2 Å². The van der Waals surface area contributed by atoms with Gasteiger partial charge >= 0.3 is 0 Å². The lowest BCUT2D eigenvalue weighted by atomic mass is 10.3. The molecule has 0 bridgehead atoms. The molecular formula is C11H13ClN2O2S. The van der Waals surface area contributed by atoms with Gasteiger partial charge in [0.05, 0.1) is 11.0 Å². The van der Waals surface area contributed by atoms with Crippen molar-refractivity contribution in [3.8, 4) is 0 Å². The van der Waals surface area contributed by atoms with E-state index < -0.39 is 5.91 Å². The van der Waals surface area contributed by atoms with Crippen LogP contribution in [0.15, 0.2) is 24.3 Å². The van der Waals surface area contributed by atoms with E-state index in [1.807, 2.05) is 0 Å². The van der Waals surface area contributed by atoms with Crippen LogP contribution in [0.1, 0.15) is 6.92 Å². The topological polar surface area (TPSA) is 72.2 Å². The van der Waals surface area contributed by atoms with Gasteiger partial charge in [0.1, 0.15) is 0 Å². The molecular weight excluding hydrogens is 260 g/mol. The zero-order valence-electron chi connectivity index (χ0n) is 9.27. The number of nitrogens with two attached hydrogens (primary N) is 1. The van der Waals surface area contributed by atoms with Gasteiger partial charge in [0.25, 0.3) is 0 Å². The fourth-order valence-corrected chi connectivity index (χ4v) is 1.78. The maximum Gasteiger partial charge on any atom is 0.234 e. The number of amides is 2. The predicted molar refractivity (Wildman–Crippen MR) is 71.2 cm³/mol. The summed E-state index contributed by atoms with van der Waals surface area (Å²) in [7, 11) is 0. The number of benzene rings is 1. The van der Waals surface area contributed by atoms with Crippen molar-refractivity contribution in [2.75, 3.05) is 11.1 Å². The van der Waals surface area contributed by atoms with Crippen molar-refractivity contribution in [2.24, 2.45) is 5.73 Å². The van der Waals surface area contributed by atoms with E-state index in [1.165, 1.54) is 11.8 Å². The zero-order chi connectivity index (χ0) is 12.8. The van der Waals surface area contributed by atoms with Gasteiger partial charge in [-0.3, -0.25) is 9.59 Å². The summed E-state index contributed by atoms with van der Waals surface area (Å²) in [4.78, 5) is 22.3. The van der Waals surface area contributed by atoms with E-state index in [2.05, 4.69) is 5.32 Å². The van der Waals surface area contributed by atoms with Crippen molar-refractivity contribution in [3.05, 3.63) is 29.3 Å². The van der Waals surface area contributed by atoms with Crippen molar-refractivity contribution in [1.29, 1.82) is 0 Å². The Morgan fingerprint density at radius 3 is 2.53 bits per heavy atom. The second-order valence-electron chi connectivity index (χ2n) is 3.41. The number of nitrogens with one attached hydrogen (secondary N) is 1. The number of carbonyl (C=O) groups is 2. The maximum absolute atomic E-state index is 11.5. The molecule has 0 aromatic heterocycles. The van der Waals surface area contributed by atoms with Gasteiger partial charge in [0.15, 0.2) is 0 Å². The highest BCUT2D eigenvalue weighted by molar-refractivity contribution is 8.01. The summed E-state index contributed by atoms with van der Waals surface area (Å²) in [6, 6.07) is 6.80. The Labute approximate surface area is 109 Å². The van der Waals surface area contributed by atoms with Crippen molar-refractivity contribution in [1.82, 2.24) is 0 Å². The van der Waals surface area contributed by atoms with Crippen molar-refractivity contribution in [2.45, 2.75) is 12.2 Å². The Morgan fingerprint density at radius 2 is 2.00 bits per heavy atom. The van der Waals surface area contributed by atoms with E-state index in [4.69, 9.17) is 17.3 Å². The molecule has 3 N–H and O–H groups in total. The summed E-state index contributed by atoms with van der Waals surface area (Å²) in [6.45, 7) is 1.67. The Morgan fingerprint density at radius 1 is 1.41 bits per heavy atom. The molecule has 1 atom stereocenters. The number of rotatable bonds is 5. The third kappa shape index (κ3) is 5.10. The maximum atomic E-state index is 11.5. The van der Waals surface area contributed by atoms with E-state index >= 15 is 0 Å². The Kier molecular flexibility index (Phi) is 5.31. The number of carbonyl (C=O) groups excluding carboxylic acids is 2. The first-order valence-corrected chi connectivity index (χ1v) is 6.38. The molecule has 0 saturated heterocycles. The smallest absolute Gasteiger partial charge is 0.234 e.